The average Bonchev–Trinajstić information content (AvgIpc) is 2.90. The van der Waals surface area contributed by atoms with E-state index in [1.165, 1.54) is 18.2 Å². The summed E-state index contributed by atoms with van der Waals surface area (Å²) in [5, 5.41) is 13.3. The second-order valence-electron chi connectivity index (χ2n) is 4.63. The highest BCUT2D eigenvalue weighted by Gasteiger charge is 2.21. The fourth-order valence-corrected chi connectivity index (χ4v) is 2.23. The predicted octanol–water partition coefficient (Wildman–Crippen LogP) is 3.92. The molecular formula is C16H10F3NO2. The standard InChI is InChI=1S/C16H10F3NO2/c17-10-5-9(6-11(18)7-10)15-13(8-21)16(22-20-15)12-3-1-2-4-14(12)19/h1-7,21H,8H2. The van der Waals surface area contributed by atoms with E-state index in [0.717, 1.165) is 18.2 Å². The Kier molecular flexibility index (Phi) is 3.68. The molecule has 0 spiro atoms. The Bertz CT molecular complexity index is 810. The molecule has 0 atom stereocenters. The normalized spacial score (nSPS) is 10.9. The van der Waals surface area contributed by atoms with Gasteiger partial charge in [0, 0.05) is 11.6 Å². The fourth-order valence-electron chi connectivity index (χ4n) is 2.23. The third-order valence-electron chi connectivity index (χ3n) is 3.20. The van der Waals surface area contributed by atoms with E-state index < -0.39 is 24.1 Å². The van der Waals surface area contributed by atoms with E-state index in [0.29, 0.717) is 0 Å². The molecule has 1 heterocycles. The number of rotatable bonds is 3. The number of hydrogen-bond donors (Lipinski definition) is 1. The minimum absolute atomic E-state index is 0.0280. The Labute approximate surface area is 123 Å². The van der Waals surface area contributed by atoms with Gasteiger partial charge in [0.2, 0.25) is 0 Å². The average molecular weight is 305 g/mol. The van der Waals surface area contributed by atoms with Crippen LogP contribution in [0.2, 0.25) is 0 Å². The Morgan fingerprint density at radius 1 is 1.00 bits per heavy atom. The van der Waals surface area contributed by atoms with Crippen LogP contribution in [-0.2, 0) is 6.61 Å². The van der Waals surface area contributed by atoms with Crippen molar-refractivity contribution in [1.82, 2.24) is 5.16 Å². The van der Waals surface area contributed by atoms with E-state index >= 15 is 0 Å². The van der Waals surface area contributed by atoms with Crippen molar-refractivity contribution in [3.05, 3.63) is 65.5 Å². The summed E-state index contributed by atoms with van der Waals surface area (Å²) in [6.45, 7) is -0.513. The number of aliphatic hydroxyl groups excluding tert-OH is 1. The monoisotopic (exact) mass is 305 g/mol. The van der Waals surface area contributed by atoms with Gasteiger partial charge >= 0.3 is 0 Å². The van der Waals surface area contributed by atoms with Gasteiger partial charge < -0.3 is 9.63 Å². The van der Waals surface area contributed by atoms with Gasteiger partial charge in [0.15, 0.2) is 5.76 Å². The highest BCUT2D eigenvalue weighted by Crippen LogP contribution is 2.34. The first-order valence-corrected chi connectivity index (χ1v) is 6.41. The van der Waals surface area contributed by atoms with Gasteiger partial charge in [0.05, 0.1) is 17.7 Å². The van der Waals surface area contributed by atoms with Crippen LogP contribution in [-0.4, -0.2) is 10.3 Å². The maximum absolute atomic E-state index is 13.8. The minimum atomic E-state index is -0.783. The molecule has 112 valence electrons. The molecular weight excluding hydrogens is 295 g/mol. The molecule has 0 unspecified atom stereocenters. The number of benzene rings is 2. The zero-order valence-corrected chi connectivity index (χ0v) is 11.2. The van der Waals surface area contributed by atoms with Gasteiger partial charge in [-0.1, -0.05) is 17.3 Å². The van der Waals surface area contributed by atoms with Crippen LogP contribution in [0, 0.1) is 17.5 Å². The molecule has 3 nitrogen and oxygen atoms in total. The molecule has 1 N–H and O–H groups in total. The van der Waals surface area contributed by atoms with Crippen molar-refractivity contribution in [3.63, 3.8) is 0 Å². The molecule has 0 radical (unpaired) electrons. The second kappa shape index (κ2) is 5.65. The molecule has 3 rings (SSSR count). The van der Waals surface area contributed by atoms with E-state index in [2.05, 4.69) is 5.16 Å². The van der Waals surface area contributed by atoms with Gasteiger partial charge in [-0.25, -0.2) is 13.2 Å². The lowest BCUT2D eigenvalue weighted by atomic mass is 10.0. The molecule has 0 aliphatic heterocycles. The largest absolute Gasteiger partial charge is 0.391 e. The molecule has 6 heteroatoms. The van der Waals surface area contributed by atoms with Crippen LogP contribution in [0.3, 0.4) is 0 Å². The maximum Gasteiger partial charge on any atom is 0.175 e. The summed E-state index contributed by atoms with van der Waals surface area (Å²) in [4.78, 5) is 0. The quantitative estimate of drug-likeness (QED) is 0.798. The topological polar surface area (TPSA) is 46.3 Å². The molecule has 0 amide bonds. The van der Waals surface area contributed by atoms with Crippen LogP contribution in [0.5, 0.6) is 0 Å². The van der Waals surface area contributed by atoms with Gasteiger partial charge in [0.1, 0.15) is 23.1 Å². The number of aliphatic hydroxyl groups is 1. The van der Waals surface area contributed by atoms with Crippen LogP contribution in [0.15, 0.2) is 47.0 Å². The van der Waals surface area contributed by atoms with Gasteiger partial charge in [-0.05, 0) is 24.3 Å². The van der Waals surface area contributed by atoms with Crippen molar-refractivity contribution < 1.29 is 22.8 Å². The fraction of sp³-hybridized carbons (Fsp3) is 0.0625. The summed E-state index contributed by atoms with van der Waals surface area (Å²) in [7, 11) is 0. The first kappa shape index (κ1) is 14.3. The highest BCUT2D eigenvalue weighted by molar-refractivity contribution is 5.72. The number of halogens is 3. The summed E-state index contributed by atoms with van der Waals surface area (Å²) in [6.07, 6.45) is 0. The van der Waals surface area contributed by atoms with Crippen LogP contribution in [0.4, 0.5) is 13.2 Å². The number of nitrogens with zero attached hydrogens (tertiary/aromatic N) is 1. The van der Waals surface area contributed by atoms with E-state index in [1.54, 1.807) is 6.07 Å². The SMILES string of the molecule is OCc1c(-c2cc(F)cc(F)c2)noc1-c1ccccc1F. The summed E-state index contributed by atoms with van der Waals surface area (Å²) < 4.78 is 45.6. The lowest BCUT2D eigenvalue weighted by molar-refractivity contribution is 0.281. The molecule has 3 aromatic rings. The van der Waals surface area contributed by atoms with Crippen LogP contribution in [0.25, 0.3) is 22.6 Å². The van der Waals surface area contributed by atoms with Crippen molar-refractivity contribution in [2.75, 3.05) is 0 Å². The Balaban J connectivity index is 2.18. The summed E-state index contributed by atoms with van der Waals surface area (Å²) in [6, 6.07) is 8.65. The molecule has 0 bridgehead atoms. The third-order valence-corrected chi connectivity index (χ3v) is 3.20. The minimum Gasteiger partial charge on any atom is -0.391 e. The smallest absolute Gasteiger partial charge is 0.175 e. The Morgan fingerprint density at radius 3 is 2.32 bits per heavy atom. The first-order chi connectivity index (χ1) is 10.6. The van der Waals surface area contributed by atoms with Crippen molar-refractivity contribution in [2.24, 2.45) is 0 Å². The van der Waals surface area contributed by atoms with Gasteiger partial charge in [-0.3, -0.25) is 0 Å². The molecule has 0 saturated carbocycles. The first-order valence-electron chi connectivity index (χ1n) is 6.41. The molecule has 1 aromatic heterocycles. The van der Waals surface area contributed by atoms with E-state index in [4.69, 9.17) is 4.52 Å². The lowest BCUT2D eigenvalue weighted by Gasteiger charge is -2.03. The van der Waals surface area contributed by atoms with E-state index in [1.807, 2.05) is 0 Å². The zero-order chi connectivity index (χ0) is 15.7. The van der Waals surface area contributed by atoms with Crippen molar-refractivity contribution in [2.45, 2.75) is 6.61 Å². The van der Waals surface area contributed by atoms with Crippen molar-refractivity contribution in [1.29, 1.82) is 0 Å². The van der Waals surface area contributed by atoms with Crippen molar-refractivity contribution >= 4 is 0 Å². The van der Waals surface area contributed by atoms with Crippen LogP contribution < -0.4 is 0 Å². The van der Waals surface area contributed by atoms with Gasteiger partial charge in [-0.15, -0.1) is 0 Å². The summed E-state index contributed by atoms with van der Waals surface area (Å²) in [5.74, 6) is -2.09. The highest BCUT2D eigenvalue weighted by atomic mass is 19.1. The number of hydrogen-bond acceptors (Lipinski definition) is 3. The summed E-state index contributed by atoms with van der Waals surface area (Å²) in [5.41, 5.74) is 0.448. The molecule has 0 aliphatic carbocycles. The van der Waals surface area contributed by atoms with Crippen LogP contribution in [0.1, 0.15) is 5.56 Å². The van der Waals surface area contributed by atoms with E-state index in [-0.39, 0.29) is 28.1 Å². The zero-order valence-electron chi connectivity index (χ0n) is 11.2. The van der Waals surface area contributed by atoms with Crippen LogP contribution >= 0.6 is 0 Å². The molecule has 0 aliphatic rings. The predicted molar refractivity (Wildman–Crippen MR) is 73.2 cm³/mol. The van der Waals surface area contributed by atoms with Crippen molar-refractivity contribution in [3.8, 4) is 22.6 Å². The molecule has 0 fully saturated rings. The number of aromatic nitrogens is 1. The van der Waals surface area contributed by atoms with E-state index in [9.17, 15) is 18.3 Å². The van der Waals surface area contributed by atoms with Gasteiger partial charge in [-0.2, -0.15) is 0 Å². The maximum atomic E-state index is 13.8. The molecule has 2 aromatic carbocycles. The second-order valence-corrected chi connectivity index (χ2v) is 4.63. The summed E-state index contributed by atoms with van der Waals surface area (Å²) >= 11 is 0. The van der Waals surface area contributed by atoms with Gasteiger partial charge in [0.25, 0.3) is 0 Å². The third kappa shape index (κ3) is 2.48. The lowest BCUT2D eigenvalue weighted by Crippen LogP contribution is -1.92. The Morgan fingerprint density at radius 2 is 1.68 bits per heavy atom. The Hall–Kier alpha value is -2.60. The molecule has 22 heavy (non-hydrogen) atoms. The molecule has 0 saturated heterocycles.